The highest BCUT2D eigenvalue weighted by atomic mass is 16.5. The number of fused-ring (bicyclic) bond motifs is 1. The maximum Gasteiger partial charge on any atom is 0.317 e. The van der Waals surface area contributed by atoms with Gasteiger partial charge in [0.25, 0.3) is 0 Å². The molecule has 0 unspecified atom stereocenters. The number of hydrogen-bond donors (Lipinski definition) is 2. The largest absolute Gasteiger partial charge is 0.490 e. The van der Waals surface area contributed by atoms with E-state index in [2.05, 4.69) is 17.4 Å². The monoisotopic (exact) mass is 348 g/mol. The van der Waals surface area contributed by atoms with E-state index in [1.54, 1.807) is 0 Å². The summed E-state index contributed by atoms with van der Waals surface area (Å²) in [5.41, 5.74) is 1.18. The molecule has 138 valence electrons. The fourth-order valence-corrected chi connectivity index (χ4v) is 3.45. The molecular weight excluding hydrogens is 320 g/mol. The van der Waals surface area contributed by atoms with Crippen LogP contribution in [0.4, 0.5) is 0 Å². The van der Waals surface area contributed by atoms with Crippen LogP contribution in [0.15, 0.2) is 18.2 Å². The van der Waals surface area contributed by atoms with Gasteiger partial charge in [-0.2, -0.15) is 0 Å². The first-order valence-corrected chi connectivity index (χ1v) is 9.23. The van der Waals surface area contributed by atoms with Crippen LogP contribution in [-0.2, 0) is 11.3 Å². The van der Waals surface area contributed by atoms with E-state index in [0.717, 1.165) is 63.5 Å². The van der Waals surface area contributed by atoms with Gasteiger partial charge in [-0.1, -0.05) is 13.0 Å². The summed E-state index contributed by atoms with van der Waals surface area (Å²) in [7, 11) is 0. The van der Waals surface area contributed by atoms with Gasteiger partial charge in [0.15, 0.2) is 11.5 Å². The molecule has 0 radical (unpaired) electrons. The predicted octanol–water partition coefficient (Wildman–Crippen LogP) is 2.27. The highest BCUT2D eigenvalue weighted by Gasteiger charge is 2.33. The van der Waals surface area contributed by atoms with E-state index in [4.69, 9.17) is 14.6 Å². The Morgan fingerprint density at radius 2 is 1.96 bits per heavy atom. The molecule has 1 saturated carbocycles. The van der Waals surface area contributed by atoms with Crippen molar-refractivity contribution in [2.24, 2.45) is 0 Å². The third-order valence-corrected chi connectivity index (χ3v) is 5.03. The SMILES string of the molecule is CCN(CC(=O)O)C1CC(NCc2ccc3c(c2)OCCCCO3)C1. The third kappa shape index (κ3) is 4.86. The van der Waals surface area contributed by atoms with Crippen LogP contribution in [0.3, 0.4) is 0 Å². The molecule has 0 spiro atoms. The third-order valence-electron chi connectivity index (χ3n) is 5.03. The van der Waals surface area contributed by atoms with Gasteiger partial charge in [-0.15, -0.1) is 0 Å². The molecular formula is C19H28N2O4. The van der Waals surface area contributed by atoms with Crippen LogP contribution in [0.25, 0.3) is 0 Å². The summed E-state index contributed by atoms with van der Waals surface area (Å²) >= 11 is 0. The summed E-state index contributed by atoms with van der Waals surface area (Å²) in [5.74, 6) is 0.921. The summed E-state index contributed by atoms with van der Waals surface area (Å²) in [5, 5.41) is 12.5. The molecule has 1 aromatic rings. The van der Waals surface area contributed by atoms with Crippen molar-refractivity contribution >= 4 is 5.97 Å². The van der Waals surface area contributed by atoms with Crippen molar-refractivity contribution < 1.29 is 19.4 Å². The average molecular weight is 348 g/mol. The Balaban J connectivity index is 1.47. The first-order valence-electron chi connectivity index (χ1n) is 9.23. The van der Waals surface area contributed by atoms with Crippen molar-refractivity contribution in [2.75, 3.05) is 26.3 Å². The van der Waals surface area contributed by atoms with Gasteiger partial charge >= 0.3 is 5.97 Å². The first-order chi connectivity index (χ1) is 12.2. The van der Waals surface area contributed by atoms with Gasteiger partial charge in [-0.25, -0.2) is 0 Å². The van der Waals surface area contributed by atoms with Crippen LogP contribution in [0.1, 0.15) is 38.2 Å². The Morgan fingerprint density at radius 1 is 1.24 bits per heavy atom. The molecule has 0 atom stereocenters. The smallest absolute Gasteiger partial charge is 0.317 e. The number of hydrogen-bond acceptors (Lipinski definition) is 5. The first kappa shape index (κ1) is 18.0. The number of nitrogens with zero attached hydrogens (tertiary/aromatic N) is 1. The van der Waals surface area contributed by atoms with E-state index in [1.807, 2.05) is 17.9 Å². The Labute approximate surface area is 149 Å². The van der Waals surface area contributed by atoms with Gasteiger partial charge in [0.2, 0.25) is 0 Å². The highest BCUT2D eigenvalue weighted by Crippen LogP contribution is 2.31. The standard InChI is InChI=1S/C19H28N2O4/c1-2-21(13-19(22)23)16-10-15(11-16)20-12-14-5-6-17-18(9-14)25-8-4-3-7-24-17/h5-6,9,15-16,20H,2-4,7-8,10-13H2,1H3,(H,22,23). The minimum absolute atomic E-state index is 0.135. The number of nitrogens with one attached hydrogen (secondary N) is 1. The van der Waals surface area contributed by atoms with Crippen LogP contribution in [0, 0.1) is 0 Å². The molecule has 1 heterocycles. The van der Waals surface area contributed by atoms with Gasteiger partial charge in [-0.3, -0.25) is 9.69 Å². The van der Waals surface area contributed by atoms with Crippen LogP contribution >= 0.6 is 0 Å². The van der Waals surface area contributed by atoms with Gasteiger partial charge in [0, 0.05) is 18.6 Å². The maximum absolute atomic E-state index is 10.9. The molecule has 2 aliphatic rings. The van der Waals surface area contributed by atoms with Crippen molar-refractivity contribution in [1.82, 2.24) is 10.2 Å². The molecule has 6 heteroatoms. The lowest BCUT2D eigenvalue weighted by molar-refractivity contribution is -0.139. The number of rotatable bonds is 7. The molecule has 0 amide bonds. The van der Waals surface area contributed by atoms with Gasteiger partial charge in [0.1, 0.15) is 0 Å². The number of aliphatic carboxylic acids is 1. The molecule has 1 aromatic carbocycles. The van der Waals surface area contributed by atoms with E-state index in [9.17, 15) is 4.79 Å². The van der Waals surface area contributed by atoms with E-state index in [-0.39, 0.29) is 6.54 Å². The number of carbonyl (C=O) groups is 1. The van der Waals surface area contributed by atoms with Crippen LogP contribution in [-0.4, -0.2) is 54.4 Å². The van der Waals surface area contributed by atoms with E-state index < -0.39 is 5.97 Å². The summed E-state index contributed by atoms with van der Waals surface area (Å²) < 4.78 is 11.5. The fraction of sp³-hybridized carbons (Fsp3) is 0.632. The van der Waals surface area contributed by atoms with Crippen molar-refractivity contribution in [3.63, 3.8) is 0 Å². The summed E-state index contributed by atoms with van der Waals surface area (Å²) in [6.07, 6.45) is 4.06. The van der Waals surface area contributed by atoms with Crippen LogP contribution in [0.2, 0.25) is 0 Å². The van der Waals surface area contributed by atoms with Crippen LogP contribution in [0.5, 0.6) is 11.5 Å². The number of carboxylic acids is 1. The second-order valence-corrected chi connectivity index (χ2v) is 6.85. The van der Waals surface area contributed by atoms with E-state index in [1.165, 1.54) is 5.56 Å². The Hall–Kier alpha value is -1.79. The molecule has 0 saturated heterocycles. The lowest BCUT2D eigenvalue weighted by Gasteiger charge is -2.42. The minimum atomic E-state index is -0.749. The second kappa shape index (κ2) is 8.54. The topological polar surface area (TPSA) is 71.0 Å². The van der Waals surface area contributed by atoms with Crippen LogP contribution < -0.4 is 14.8 Å². The van der Waals surface area contributed by atoms with E-state index >= 15 is 0 Å². The second-order valence-electron chi connectivity index (χ2n) is 6.85. The highest BCUT2D eigenvalue weighted by molar-refractivity contribution is 5.69. The zero-order valence-corrected chi connectivity index (χ0v) is 14.9. The summed E-state index contributed by atoms with van der Waals surface area (Å²) in [6.45, 7) is 5.22. The normalized spacial score (nSPS) is 22.8. The molecule has 25 heavy (non-hydrogen) atoms. The zero-order chi connectivity index (χ0) is 17.6. The minimum Gasteiger partial charge on any atom is -0.490 e. The van der Waals surface area contributed by atoms with Gasteiger partial charge < -0.3 is 19.9 Å². The van der Waals surface area contributed by atoms with Crippen molar-refractivity contribution in [1.29, 1.82) is 0 Å². The average Bonchev–Trinajstić information content (AvgIpc) is 2.53. The molecule has 1 aliphatic heterocycles. The lowest BCUT2D eigenvalue weighted by Crippen LogP contribution is -2.53. The molecule has 0 bridgehead atoms. The molecule has 6 nitrogen and oxygen atoms in total. The summed E-state index contributed by atoms with van der Waals surface area (Å²) in [4.78, 5) is 12.9. The lowest BCUT2D eigenvalue weighted by atomic mass is 9.85. The molecule has 1 aliphatic carbocycles. The number of ether oxygens (including phenoxy) is 2. The Kier molecular flexibility index (Phi) is 6.15. The molecule has 0 aromatic heterocycles. The predicted molar refractivity (Wildman–Crippen MR) is 95.2 cm³/mol. The summed E-state index contributed by atoms with van der Waals surface area (Å²) in [6, 6.07) is 6.97. The number of benzene rings is 1. The van der Waals surface area contributed by atoms with Crippen molar-refractivity contribution in [3.05, 3.63) is 23.8 Å². The molecule has 3 rings (SSSR count). The van der Waals surface area contributed by atoms with Gasteiger partial charge in [-0.05, 0) is 49.9 Å². The van der Waals surface area contributed by atoms with Crippen molar-refractivity contribution in [2.45, 2.75) is 51.2 Å². The fourth-order valence-electron chi connectivity index (χ4n) is 3.45. The quantitative estimate of drug-likeness (QED) is 0.788. The number of likely N-dealkylation sites (N-methyl/N-ethyl adjacent to an activating group) is 1. The molecule has 2 N–H and O–H groups in total. The van der Waals surface area contributed by atoms with Gasteiger partial charge in [0.05, 0.1) is 19.8 Å². The Bertz CT molecular complexity index is 587. The Morgan fingerprint density at radius 3 is 2.64 bits per heavy atom. The molecule has 1 fully saturated rings. The zero-order valence-electron chi connectivity index (χ0n) is 14.9. The number of carboxylic acid groups (broad SMARTS) is 1. The van der Waals surface area contributed by atoms with E-state index in [0.29, 0.717) is 12.1 Å². The maximum atomic E-state index is 10.9. The van der Waals surface area contributed by atoms with Crippen molar-refractivity contribution in [3.8, 4) is 11.5 Å².